The third kappa shape index (κ3) is 1.84. The molecule has 3 unspecified atom stereocenters. The van der Waals surface area contributed by atoms with Crippen molar-refractivity contribution in [2.75, 3.05) is 37.7 Å². The van der Waals surface area contributed by atoms with Crippen LogP contribution in [0.1, 0.15) is 26.2 Å². The summed E-state index contributed by atoms with van der Waals surface area (Å²) >= 11 is 2.10. The molecule has 3 rings (SSSR count). The summed E-state index contributed by atoms with van der Waals surface area (Å²) in [4.78, 5) is 5.46. The molecular formula is C13H25N3S. The van der Waals surface area contributed by atoms with E-state index >= 15 is 0 Å². The monoisotopic (exact) mass is 255 g/mol. The van der Waals surface area contributed by atoms with E-state index in [2.05, 4.69) is 28.5 Å². The van der Waals surface area contributed by atoms with Crippen LogP contribution in [0, 0.1) is 0 Å². The molecule has 3 fully saturated rings. The van der Waals surface area contributed by atoms with Crippen molar-refractivity contribution in [2.24, 2.45) is 5.73 Å². The topological polar surface area (TPSA) is 32.5 Å². The molecule has 0 aromatic rings. The Morgan fingerprint density at radius 1 is 1.35 bits per heavy atom. The number of nitrogens with zero attached hydrogens (tertiary/aromatic N) is 2. The lowest BCUT2D eigenvalue weighted by Crippen LogP contribution is -2.64. The summed E-state index contributed by atoms with van der Waals surface area (Å²) < 4.78 is 0. The second kappa shape index (κ2) is 4.72. The highest BCUT2D eigenvalue weighted by Crippen LogP contribution is 2.41. The van der Waals surface area contributed by atoms with E-state index in [-0.39, 0.29) is 0 Å². The van der Waals surface area contributed by atoms with Crippen LogP contribution in [0.5, 0.6) is 0 Å². The minimum atomic E-state index is 0.302. The van der Waals surface area contributed by atoms with Crippen LogP contribution in [-0.2, 0) is 0 Å². The zero-order valence-corrected chi connectivity index (χ0v) is 11.7. The van der Waals surface area contributed by atoms with E-state index in [1.807, 2.05) is 0 Å². The van der Waals surface area contributed by atoms with Gasteiger partial charge in [-0.25, -0.2) is 0 Å². The summed E-state index contributed by atoms with van der Waals surface area (Å²) in [6.45, 7) is 7.07. The zero-order chi connectivity index (χ0) is 11.9. The van der Waals surface area contributed by atoms with Gasteiger partial charge in [0.2, 0.25) is 0 Å². The van der Waals surface area contributed by atoms with Gasteiger partial charge in [0.25, 0.3) is 0 Å². The van der Waals surface area contributed by atoms with Crippen LogP contribution in [0.2, 0.25) is 0 Å². The van der Waals surface area contributed by atoms with Gasteiger partial charge in [-0.3, -0.25) is 9.80 Å². The first-order chi connectivity index (χ1) is 8.28. The van der Waals surface area contributed by atoms with Crippen LogP contribution < -0.4 is 5.73 Å². The van der Waals surface area contributed by atoms with Crippen molar-refractivity contribution in [3.63, 3.8) is 0 Å². The van der Waals surface area contributed by atoms with Crippen LogP contribution in [-0.4, -0.2) is 65.1 Å². The SMILES string of the molecule is CC1CSCCN1C1(CN)CCN2CCCC21. The van der Waals surface area contributed by atoms with Gasteiger partial charge in [0.05, 0.1) is 5.54 Å². The quantitative estimate of drug-likeness (QED) is 0.797. The number of nitrogens with two attached hydrogens (primary N) is 1. The van der Waals surface area contributed by atoms with Gasteiger partial charge in [0.15, 0.2) is 0 Å². The lowest BCUT2D eigenvalue weighted by Gasteiger charge is -2.49. The molecule has 17 heavy (non-hydrogen) atoms. The van der Waals surface area contributed by atoms with E-state index in [1.54, 1.807) is 0 Å². The van der Waals surface area contributed by atoms with Gasteiger partial charge in [-0.2, -0.15) is 11.8 Å². The molecule has 3 aliphatic heterocycles. The highest BCUT2D eigenvalue weighted by Gasteiger charge is 2.52. The lowest BCUT2D eigenvalue weighted by molar-refractivity contribution is 0.0426. The molecule has 4 heteroatoms. The molecule has 98 valence electrons. The van der Waals surface area contributed by atoms with Crippen molar-refractivity contribution in [1.82, 2.24) is 9.80 Å². The van der Waals surface area contributed by atoms with E-state index in [1.165, 1.54) is 50.4 Å². The van der Waals surface area contributed by atoms with Crippen molar-refractivity contribution in [3.8, 4) is 0 Å². The first-order valence-electron chi connectivity index (χ1n) is 7.06. The summed E-state index contributed by atoms with van der Waals surface area (Å²) in [6, 6.07) is 1.45. The van der Waals surface area contributed by atoms with Crippen LogP contribution in [0.4, 0.5) is 0 Å². The summed E-state index contributed by atoms with van der Waals surface area (Å²) in [7, 11) is 0. The number of thioether (sulfide) groups is 1. The highest BCUT2D eigenvalue weighted by molar-refractivity contribution is 7.99. The Labute approximate surface area is 109 Å². The van der Waals surface area contributed by atoms with Crippen LogP contribution in [0.15, 0.2) is 0 Å². The summed E-state index contributed by atoms with van der Waals surface area (Å²) in [6.07, 6.45) is 4.04. The maximum Gasteiger partial charge on any atom is 0.0502 e. The van der Waals surface area contributed by atoms with Gasteiger partial charge < -0.3 is 5.73 Å². The van der Waals surface area contributed by atoms with E-state index in [0.29, 0.717) is 11.6 Å². The van der Waals surface area contributed by atoms with E-state index in [9.17, 15) is 0 Å². The number of hydrogen-bond acceptors (Lipinski definition) is 4. The average Bonchev–Trinajstić information content (AvgIpc) is 2.92. The summed E-state index contributed by atoms with van der Waals surface area (Å²) in [5.74, 6) is 2.58. The molecule has 0 aliphatic carbocycles. The van der Waals surface area contributed by atoms with Crippen molar-refractivity contribution in [1.29, 1.82) is 0 Å². The van der Waals surface area contributed by atoms with Crippen molar-refractivity contribution < 1.29 is 0 Å². The van der Waals surface area contributed by atoms with Crippen molar-refractivity contribution in [2.45, 2.75) is 43.8 Å². The molecule has 0 saturated carbocycles. The molecule has 0 bridgehead atoms. The van der Waals surface area contributed by atoms with Crippen LogP contribution in [0.3, 0.4) is 0 Å². The first-order valence-corrected chi connectivity index (χ1v) is 8.22. The van der Waals surface area contributed by atoms with E-state index in [4.69, 9.17) is 5.73 Å². The third-order valence-electron chi connectivity index (χ3n) is 5.11. The Kier molecular flexibility index (Phi) is 3.41. The number of fused-ring (bicyclic) bond motifs is 1. The Morgan fingerprint density at radius 2 is 2.24 bits per heavy atom. The van der Waals surface area contributed by atoms with E-state index in [0.717, 1.165) is 12.6 Å². The summed E-state index contributed by atoms with van der Waals surface area (Å²) in [5.41, 5.74) is 6.55. The molecule has 0 radical (unpaired) electrons. The van der Waals surface area contributed by atoms with Gasteiger partial charge >= 0.3 is 0 Å². The zero-order valence-electron chi connectivity index (χ0n) is 10.9. The fourth-order valence-electron chi connectivity index (χ4n) is 4.29. The molecule has 0 aromatic carbocycles. The highest BCUT2D eigenvalue weighted by atomic mass is 32.2. The smallest absolute Gasteiger partial charge is 0.0502 e. The van der Waals surface area contributed by atoms with E-state index < -0.39 is 0 Å². The Bertz CT molecular complexity index is 286. The Hall–Kier alpha value is 0.230. The molecule has 3 nitrogen and oxygen atoms in total. The second-order valence-electron chi connectivity index (χ2n) is 5.87. The second-order valence-corrected chi connectivity index (χ2v) is 7.02. The first kappa shape index (κ1) is 12.3. The number of hydrogen-bond donors (Lipinski definition) is 1. The van der Waals surface area contributed by atoms with Gasteiger partial charge in [-0.05, 0) is 32.7 Å². The molecule has 0 amide bonds. The Balaban J connectivity index is 1.85. The molecule has 3 atom stereocenters. The lowest BCUT2D eigenvalue weighted by atomic mass is 9.85. The number of rotatable bonds is 2. The van der Waals surface area contributed by atoms with Gasteiger partial charge in [-0.1, -0.05) is 0 Å². The van der Waals surface area contributed by atoms with Crippen molar-refractivity contribution in [3.05, 3.63) is 0 Å². The minimum Gasteiger partial charge on any atom is -0.329 e. The van der Waals surface area contributed by atoms with Crippen LogP contribution in [0.25, 0.3) is 0 Å². The molecule has 0 spiro atoms. The predicted octanol–water partition coefficient (Wildman–Crippen LogP) is 0.989. The molecule has 2 N–H and O–H groups in total. The molecule has 3 heterocycles. The fraction of sp³-hybridized carbons (Fsp3) is 1.00. The minimum absolute atomic E-state index is 0.302. The molecule has 0 aromatic heterocycles. The van der Waals surface area contributed by atoms with Crippen LogP contribution >= 0.6 is 11.8 Å². The standard InChI is InChI=1S/C13H25N3S/c1-11-9-17-8-7-16(11)13(10-14)4-6-15-5-2-3-12(13)15/h11-12H,2-10,14H2,1H3. The van der Waals surface area contributed by atoms with Gasteiger partial charge in [-0.15, -0.1) is 0 Å². The Morgan fingerprint density at radius 3 is 3.00 bits per heavy atom. The molecule has 3 saturated heterocycles. The maximum absolute atomic E-state index is 6.24. The fourth-order valence-corrected chi connectivity index (χ4v) is 5.30. The molecule has 3 aliphatic rings. The third-order valence-corrected chi connectivity index (χ3v) is 6.30. The largest absolute Gasteiger partial charge is 0.329 e. The van der Waals surface area contributed by atoms with Crippen molar-refractivity contribution >= 4 is 11.8 Å². The summed E-state index contributed by atoms with van der Waals surface area (Å²) in [5, 5.41) is 0. The van der Waals surface area contributed by atoms with Gasteiger partial charge in [0.1, 0.15) is 0 Å². The maximum atomic E-state index is 6.24. The van der Waals surface area contributed by atoms with Gasteiger partial charge in [0, 0.05) is 43.2 Å². The predicted molar refractivity (Wildman–Crippen MR) is 74.5 cm³/mol. The molecular weight excluding hydrogens is 230 g/mol. The average molecular weight is 255 g/mol. The normalized spacial score (nSPS) is 44.1.